The van der Waals surface area contributed by atoms with Crippen LogP contribution in [0.2, 0.25) is 0 Å². The third kappa shape index (κ3) is 4.74. The molecule has 0 radical (unpaired) electrons. The summed E-state index contributed by atoms with van der Waals surface area (Å²) in [6.07, 6.45) is 1.16. The molecule has 2 heteroatoms. The Morgan fingerprint density at radius 3 is 2.24 bits per heavy atom. The van der Waals surface area contributed by atoms with Crippen molar-refractivity contribution in [2.45, 2.75) is 60.9 Å². The smallest absolute Gasteiger partial charge is 0.122 e. The van der Waals surface area contributed by atoms with Gasteiger partial charge in [0.15, 0.2) is 0 Å². The van der Waals surface area contributed by atoms with Gasteiger partial charge in [0, 0.05) is 6.04 Å². The molecule has 1 N–H and O–H groups in total. The van der Waals surface area contributed by atoms with Gasteiger partial charge in [-0.05, 0) is 60.9 Å². The molecule has 0 fully saturated rings. The number of hydrogen-bond acceptors (Lipinski definition) is 2. The highest BCUT2D eigenvalue weighted by atomic mass is 16.5. The van der Waals surface area contributed by atoms with Crippen molar-refractivity contribution < 1.29 is 4.74 Å². The second-order valence-electron chi connectivity index (χ2n) is 7.29. The molecule has 0 saturated carbocycles. The zero-order valence-electron chi connectivity index (χ0n) is 15.1. The summed E-state index contributed by atoms with van der Waals surface area (Å²) >= 11 is 0. The van der Waals surface area contributed by atoms with Crippen LogP contribution < -0.4 is 10.1 Å². The molecular formula is C19H33NO. The summed E-state index contributed by atoms with van der Waals surface area (Å²) in [6.45, 7) is 16.8. The molecule has 2 unspecified atom stereocenters. The summed E-state index contributed by atoms with van der Waals surface area (Å²) in [5.74, 6) is 1.64. The van der Waals surface area contributed by atoms with E-state index in [-0.39, 0.29) is 0 Å². The first-order valence-corrected chi connectivity index (χ1v) is 8.09. The van der Waals surface area contributed by atoms with E-state index in [0.717, 1.165) is 18.7 Å². The molecule has 0 aliphatic carbocycles. The van der Waals surface area contributed by atoms with E-state index >= 15 is 0 Å². The molecule has 1 aromatic rings. The maximum absolute atomic E-state index is 5.44. The van der Waals surface area contributed by atoms with Crippen molar-refractivity contribution in [3.05, 3.63) is 28.8 Å². The lowest BCUT2D eigenvalue weighted by molar-refractivity contribution is 0.223. The van der Waals surface area contributed by atoms with Gasteiger partial charge in [-0.15, -0.1) is 0 Å². The Morgan fingerprint density at radius 1 is 1.14 bits per heavy atom. The molecule has 0 spiro atoms. The summed E-state index contributed by atoms with van der Waals surface area (Å²) in [5, 5.41) is 3.67. The van der Waals surface area contributed by atoms with Crippen molar-refractivity contribution in [3.8, 4) is 5.75 Å². The molecule has 120 valence electrons. The standard InChI is InChI=1S/C19H33NO/c1-9-20-17(12-15(4)19(5,6)7)16-10-14(3)18(21-8)11-13(16)2/h10-11,15,17,20H,9,12H2,1-8H3. The van der Waals surface area contributed by atoms with Crippen molar-refractivity contribution >= 4 is 0 Å². The van der Waals surface area contributed by atoms with Gasteiger partial charge in [0.05, 0.1) is 7.11 Å². The molecule has 0 saturated heterocycles. The van der Waals surface area contributed by atoms with E-state index in [4.69, 9.17) is 4.74 Å². The largest absolute Gasteiger partial charge is 0.496 e. The first-order chi connectivity index (χ1) is 9.70. The van der Waals surface area contributed by atoms with E-state index in [0.29, 0.717) is 17.4 Å². The predicted molar refractivity (Wildman–Crippen MR) is 92.1 cm³/mol. The van der Waals surface area contributed by atoms with Crippen LogP contribution in [0.5, 0.6) is 5.75 Å². The molecule has 0 aliphatic rings. The number of ether oxygens (including phenoxy) is 1. The number of rotatable bonds is 6. The maximum atomic E-state index is 5.44. The second-order valence-corrected chi connectivity index (χ2v) is 7.29. The van der Waals surface area contributed by atoms with Crippen LogP contribution in [0.15, 0.2) is 12.1 Å². The molecule has 2 atom stereocenters. The molecule has 21 heavy (non-hydrogen) atoms. The first-order valence-electron chi connectivity index (χ1n) is 8.09. The lowest BCUT2D eigenvalue weighted by Gasteiger charge is -2.32. The van der Waals surface area contributed by atoms with Crippen LogP contribution in [-0.2, 0) is 0 Å². The molecule has 0 aromatic heterocycles. The highest BCUT2D eigenvalue weighted by Gasteiger charge is 2.25. The van der Waals surface area contributed by atoms with Crippen LogP contribution in [0.25, 0.3) is 0 Å². The van der Waals surface area contributed by atoms with Gasteiger partial charge in [-0.25, -0.2) is 0 Å². The Kier molecular flexibility index (Phi) is 6.27. The van der Waals surface area contributed by atoms with E-state index in [1.807, 2.05) is 0 Å². The zero-order valence-corrected chi connectivity index (χ0v) is 15.1. The Balaban J connectivity index is 3.08. The van der Waals surface area contributed by atoms with Crippen LogP contribution in [0.3, 0.4) is 0 Å². The number of benzene rings is 1. The molecule has 0 amide bonds. The number of methoxy groups -OCH3 is 1. The van der Waals surface area contributed by atoms with E-state index in [1.165, 1.54) is 16.7 Å². The van der Waals surface area contributed by atoms with Gasteiger partial charge >= 0.3 is 0 Å². The third-order valence-corrected chi connectivity index (χ3v) is 4.68. The highest BCUT2D eigenvalue weighted by Crippen LogP contribution is 2.35. The number of nitrogens with one attached hydrogen (secondary N) is 1. The maximum Gasteiger partial charge on any atom is 0.122 e. The first kappa shape index (κ1) is 18.0. The normalized spacial score (nSPS) is 14.9. The Hall–Kier alpha value is -1.02. The van der Waals surface area contributed by atoms with Crippen molar-refractivity contribution in [1.82, 2.24) is 5.32 Å². The minimum atomic E-state index is 0.336. The van der Waals surface area contributed by atoms with Gasteiger partial charge in [-0.2, -0.15) is 0 Å². The average Bonchev–Trinajstić information content (AvgIpc) is 2.39. The fourth-order valence-electron chi connectivity index (χ4n) is 2.68. The third-order valence-electron chi connectivity index (χ3n) is 4.68. The minimum Gasteiger partial charge on any atom is -0.496 e. The fraction of sp³-hybridized carbons (Fsp3) is 0.684. The quantitative estimate of drug-likeness (QED) is 0.793. The second kappa shape index (κ2) is 7.31. The van der Waals surface area contributed by atoms with Crippen LogP contribution in [0.1, 0.15) is 63.8 Å². The van der Waals surface area contributed by atoms with Gasteiger partial charge in [-0.3, -0.25) is 0 Å². The van der Waals surface area contributed by atoms with Crippen LogP contribution >= 0.6 is 0 Å². The minimum absolute atomic E-state index is 0.336. The number of hydrogen-bond donors (Lipinski definition) is 1. The molecule has 0 bridgehead atoms. The predicted octanol–water partition coefficient (Wildman–Crippen LogP) is 5.03. The SMILES string of the molecule is CCNC(CC(C)C(C)(C)C)c1cc(C)c(OC)cc1C. The monoisotopic (exact) mass is 291 g/mol. The fourth-order valence-corrected chi connectivity index (χ4v) is 2.68. The molecule has 0 aliphatic heterocycles. The lowest BCUT2D eigenvalue weighted by Crippen LogP contribution is -2.28. The summed E-state index contributed by atoms with van der Waals surface area (Å²) < 4.78 is 5.44. The molecule has 0 heterocycles. The van der Waals surface area contributed by atoms with Gasteiger partial charge in [0.1, 0.15) is 5.75 Å². The van der Waals surface area contributed by atoms with Gasteiger partial charge < -0.3 is 10.1 Å². The summed E-state index contributed by atoms with van der Waals surface area (Å²) in [6, 6.07) is 4.86. The molecule has 1 rings (SSSR count). The topological polar surface area (TPSA) is 21.3 Å². The van der Waals surface area contributed by atoms with Crippen LogP contribution in [0, 0.1) is 25.2 Å². The van der Waals surface area contributed by atoms with Crippen molar-refractivity contribution in [3.63, 3.8) is 0 Å². The van der Waals surface area contributed by atoms with E-state index in [1.54, 1.807) is 7.11 Å². The number of aryl methyl sites for hydroxylation is 2. The van der Waals surface area contributed by atoms with Crippen molar-refractivity contribution in [2.24, 2.45) is 11.3 Å². The van der Waals surface area contributed by atoms with Crippen LogP contribution in [0.4, 0.5) is 0 Å². The highest BCUT2D eigenvalue weighted by molar-refractivity contribution is 5.42. The Morgan fingerprint density at radius 2 is 1.76 bits per heavy atom. The lowest BCUT2D eigenvalue weighted by atomic mass is 9.77. The van der Waals surface area contributed by atoms with Gasteiger partial charge in [-0.1, -0.05) is 40.7 Å². The summed E-state index contributed by atoms with van der Waals surface area (Å²) in [4.78, 5) is 0. The van der Waals surface area contributed by atoms with Crippen molar-refractivity contribution in [2.75, 3.05) is 13.7 Å². The van der Waals surface area contributed by atoms with Crippen LogP contribution in [-0.4, -0.2) is 13.7 Å². The molecule has 2 nitrogen and oxygen atoms in total. The van der Waals surface area contributed by atoms with Gasteiger partial charge in [0.2, 0.25) is 0 Å². The van der Waals surface area contributed by atoms with E-state index in [2.05, 4.69) is 65.9 Å². The van der Waals surface area contributed by atoms with E-state index in [9.17, 15) is 0 Å². The average molecular weight is 291 g/mol. The Bertz CT molecular complexity index is 459. The summed E-state index contributed by atoms with van der Waals surface area (Å²) in [7, 11) is 1.74. The van der Waals surface area contributed by atoms with Gasteiger partial charge in [0.25, 0.3) is 0 Å². The van der Waals surface area contributed by atoms with E-state index < -0.39 is 0 Å². The summed E-state index contributed by atoms with van der Waals surface area (Å²) in [5.41, 5.74) is 4.27. The zero-order chi connectivity index (χ0) is 16.2. The molecule has 1 aromatic carbocycles. The molecular weight excluding hydrogens is 258 g/mol. The van der Waals surface area contributed by atoms with Crippen molar-refractivity contribution in [1.29, 1.82) is 0 Å². The Labute approximate surface area is 131 Å².